The number of unbranched alkanes of at least 4 members (excludes halogenated alkanes) is 2. The van der Waals surface area contributed by atoms with Gasteiger partial charge in [-0.1, -0.05) is 26.7 Å². The van der Waals surface area contributed by atoms with Gasteiger partial charge in [0.25, 0.3) is 0 Å². The molecule has 4 heteroatoms. The smallest absolute Gasteiger partial charge is 0.147 e. The van der Waals surface area contributed by atoms with Gasteiger partial charge in [0.05, 0.1) is 5.88 Å². The third-order valence-electron chi connectivity index (χ3n) is 2.47. The van der Waals surface area contributed by atoms with Gasteiger partial charge < -0.3 is 4.57 Å². The molecule has 0 fully saturated rings. The average Bonchev–Trinajstić information content (AvgIpc) is 2.62. The molecule has 1 heterocycles. The van der Waals surface area contributed by atoms with Crippen molar-refractivity contribution in [3.63, 3.8) is 0 Å². The molecule has 15 heavy (non-hydrogen) atoms. The van der Waals surface area contributed by atoms with Gasteiger partial charge in [-0.15, -0.1) is 21.8 Å². The third kappa shape index (κ3) is 3.49. The van der Waals surface area contributed by atoms with E-state index in [9.17, 15) is 0 Å². The summed E-state index contributed by atoms with van der Waals surface area (Å²) in [4.78, 5) is 0. The van der Waals surface area contributed by atoms with Crippen molar-refractivity contribution in [3.8, 4) is 0 Å². The Hall–Kier alpha value is -0.570. The number of hydrogen-bond donors (Lipinski definition) is 0. The predicted molar refractivity (Wildman–Crippen MR) is 63.1 cm³/mol. The quantitative estimate of drug-likeness (QED) is 0.531. The highest BCUT2D eigenvalue weighted by molar-refractivity contribution is 6.16. The van der Waals surface area contributed by atoms with E-state index in [4.69, 9.17) is 11.6 Å². The molecular formula is C11H20ClN3. The minimum absolute atomic E-state index is 0.459. The molecule has 0 spiro atoms. The number of nitrogens with zero attached hydrogens (tertiary/aromatic N) is 3. The van der Waals surface area contributed by atoms with Crippen molar-refractivity contribution in [1.29, 1.82) is 0 Å². The third-order valence-corrected chi connectivity index (χ3v) is 2.71. The van der Waals surface area contributed by atoms with E-state index in [0.717, 1.165) is 31.0 Å². The van der Waals surface area contributed by atoms with Crippen LogP contribution < -0.4 is 0 Å². The van der Waals surface area contributed by atoms with Gasteiger partial charge in [-0.05, 0) is 12.8 Å². The highest BCUT2D eigenvalue weighted by atomic mass is 35.5. The summed E-state index contributed by atoms with van der Waals surface area (Å²) in [5.41, 5.74) is 0. The van der Waals surface area contributed by atoms with Crippen molar-refractivity contribution in [1.82, 2.24) is 14.8 Å². The van der Waals surface area contributed by atoms with Crippen molar-refractivity contribution >= 4 is 11.6 Å². The predicted octanol–water partition coefficient (Wildman–Crippen LogP) is 3.16. The first-order chi connectivity index (χ1) is 7.33. The zero-order valence-corrected chi connectivity index (χ0v) is 10.4. The molecule has 0 saturated heterocycles. The van der Waals surface area contributed by atoms with Crippen LogP contribution in [0.3, 0.4) is 0 Å². The maximum absolute atomic E-state index is 5.82. The molecule has 0 radical (unpaired) electrons. The Morgan fingerprint density at radius 2 is 1.80 bits per heavy atom. The number of halogens is 1. The van der Waals surface area contributed by atoms with Gasteiger partial charge in [0.15, 0.2) is 0 Å². The Morgan fingerprint density at radius 1 is 1.07 bits per heavy atom. The maximum atomic E-state index is 5.82. The number of aryl methyl sites for hydroxylation is 1. The molecule has 0 unspecified atom stereocenters. The molecular weight excluding hydrogens is 210 g/mol. The Morgan fingerprint density at radius 3 is 2.40 bits per heavy atom. The average molecular weight is 230 g/mol. The lowest BCUT2D eigenvalue weighted by atomic mass is 10.2. The van der Waals surface area contributed by atoms with Gasteiger partial charge in [0, 0.05) is 13.0 Å². The summed E-state index contributed by atoms with van der Waals surface area (Å²) in [5.74, 6) is 2.46. The van der Waals surface area contributed by atoms with Crippen LogP contribution in [-0.2, 0) is 18.8 Å². The van der Waals surface area contributed by atoms with E-state index < -0.39 is 0 Å². The van der Waals surface area contributed by atoms with Crippen molar-refractivity contribution in [2.45, 2.75) is 58.4 Å². The molecule has 0 amide bonds. The van der Waals surface area contributed by atoms with Crippen molar-refractivity contribution in [2.24, 2.45) is 0 Å². The van der Waals surface area contributed by atoms with Crippen LogP contribution in [0.1, 0.15) is 51.2 Å². The van der Waals surface area contributed by atoms with Gasteiger partial charge in [-0.25, -0.2) is 0 Å². The van der Waals surface area contributed by atoms with Gasteiger partial charge in [0.2, 0.25) is 0 Å². The standard InChI is InChI=1S/C11H20ClN3/c1-3-5-6-7-10-13-14-11(9-12)15(10)8-4-2/h3-9H2,1-2H3. The second kappa shape index (κ2) is 6.83. The molecule has 86 valence electrons. The monoisotopic (exact) mass is 229 g/mol. The highest BCUT2D eigenvalue weighted by Gasteiger charge is 2.09. The first-order valence-electron chi connectivity index (χ1n) is 5.80. The summed E-state index contributed by atoms with van der Waals surface area (Å²) < 4.78 is 2.17. The summed E-state index contributed by atoms with van der Waals surface area (Å²) in [6, 6.07) is 0. The van der Waals surface area contributed by atoms with Gasteiger partial charge in [-0.2, -0.15) is 0 Å². The van der Waals surface area contributed by atoms with Crippen LogP contribution in [0.15, 0.2) is 0 Å². The minimum atomic E-state index is 0.459. The summed E-state index contributed by atoms with van der Waals surface area (Å²) in [5, 5.41) is 8.32. The van der Waals surface area contributed by atoms with Gasteiger partial charge in [-0.3, -0.25) is 0 Å². The minimum Gasteiger partial charge on any atom is -0.314 e. The number of alkyl halides is 1. The molecule has 1 aromatic heterocycles. The fourth-order valence-electron chi connectivity index (χ4n) is 1.67. The molecule has 0 N–H and O–H groups in total. The van der Waals surface area contributed by atoms with E-state index in [0.29, 0.717) is 5.88 Å². The van der Waals surface area contributed by atoms with Crippen molar-refractivity contribution in [3.05, 3.63) is 11.6 Å². The summed E-state index contributed by atoms with van der Waals surface area (Å²) in [7, 11) is 0. The van der Waals surface area contributed by atoms with Crippen LogP contribution in [0, 0.1) is 0 Å². The lowest BCUT2D eigenvalue weighted by Crippen LogP contribution is -2.06. The fraction of sp³-hybridized carbons (Fsp3) is 0.818. The highest BCUT2D eigenvalue weighted by Crippen LogP contribution is 2.10. The molecule has 0 saturated carbocycles. The van der Waals surface area contributed by atoms with E-state index in [1.807, 2.05) is 0 Å². The summed E-state index contributed by atoms with van der Waals surface area (Å²) >= 11 is 5.82. The normalized spacial score (nSPS) is 10.9. The second-order valence-corrected chi connectivity index (χ2v) is 4.04. The zero-order valence-electron chi connectivity index (χ0n) is 9.67. The topological polar surface area (TPSA) is 30.7 Å². The molecule has 0 aromatic carbocycles. The van der Waals surface area contributed by atoms with Gasteiger partial charge >= 0.3 is 0 Å². The molecule has 1 rings (SSSR count). The van der Waals surface area contributed by atoms with Crippen LogP contribution in [0.25, 0.3) is 0 Å². The van der Waals surface area contributed by atoms with E-state index in [-0.39, 0.29) is 0 Å². The molecule has 0 aliphatic carbocycles. The van der Waals surface area contributed by atoms with E-state index >= 15 is 0 Å². The molecule has 0 atom stereocenters. The van der Waals surface area contributed by atoms with Crippen LogP contribution in [0.4, 0.5) is 0 Å². The van der Waals surface area contributed by atoms with E-state index in [2.05, 4.69) is 28.6 Å². The SMILES string of the molecule is CCCCCc1nnc(CCl)n1CCC. The molecule has 0 aliphatic heterocycles. The Bertz CT molecular complexity index is 283. The largest absolute Gasteiger partial charge is 0.314 e. The lowest BCUT2D eigenvalue weighted by molar-refractivity contribution is 0.597. The Kier molecular flexibility index (Phi) is 5.69. The van der Waals surface area contributed by atoms with Crippen molar-refractivity contribution < 1.29 is 0 Å². The molecule has 1 aromatic rings. The number of aromatic nitrogens is 3. The first kappa shape index (κ1) is 12.5. The van der Waals surface area contributed by atoms with Crippen LogP contribution in [0.2, 0.25) is 0 Å². The number of hydrogen-bond acceptors (Lipinski definition) is 2. The summed E-state index contributed by atoms with van der Waals surface area (Å²) in [6.07, 6.45) is 5.82. The lowest BCUT2D eigenvalue weighted by Gasteiger charge is -2.06. The fourth-order valence-corrected chi connectivity index (χ4v) is 1.87. The van der Waals surface area contributed by atoms with Crippen LogP contribution >= 0.6 is 11.6 Å². The second-order valence-electron chi connectivity index (χ2n) is 3.77. The van der Waals surface area contributed by atoms with Crippen LogP contribution in [-0.4, -0.2) is 14.8 Å². The summed E-state index contributed by atoms with van der Waals surface area (Å²) in [6.45, 7) is 5.35. The van der Waals surface area contributed by atoms with E-state index in [1.165, 1.54) is 19.3 Å². The van der Waals surface area contributed by atoms with Crippen molar-refractivity contribution in [2.75, 3.05) is 0 Å². The maximum Gasteiger partial charge on any atom is 0.147 e. The Balaban J connectivity index is 2.64. The molecule has 3 nitrogen and oxygen atoms in total. The molecule has 0 bridgehead atoms. The zero-order chi connectivity index (χ0) is 11.1. The van der Waals surface area contributed by atoms with E-state index in [1.54, 1.807) is 0 Å². The Labute approximate surface area is 96.8 Å². The van der Waals surface area contributed by atoms with Gasteiger partial charge in [0.1, 0.15) is 11.6 Å². The first-order valence-corrected chi connectivity index (χ1v) is 6.33. The van der Waals surface area contributed by atoms with Crippen LogP contribution in [0.5, 0.6) is 0 Å². The molecule has 0 aliphatic rings. The number of rotatable bonds is 7.